The van der Waals surface area contributed by atoms with Gasteiger partial charge in [-0.2, -0.15) is 8.42 Å². The zero-order valence-electron chi connectivity index (χ0n) is 11.1. The molecule has 0 aliphatic rings. The van der Waals surface area contributed by atoms with Gasteiger partial charge in [0.2, 0.25) is 0 Å². The Kier molecular flexibility index (Phi) is 3.59. The number of benzene rings is 2. The minimum absolute atomic E-state index is 0.0250. The molecule has 0 aliphatic heterocycles. The number of carboxylic acid groups (broad SMARTS) is 1. The van der Waals surface area contributed by atoms with E-state index in [2.05, 4.69) is 0 Å². The van der Waals surface area contributed by atoms with Gasteiger partial charge >= 0.3 is 16.1 Å². The number of rotatable bonds is 4. The molecule has 0 amide bonds. The first-order valence-electron chi connectivity index (χ1n) is 6.21. The second-order valence-corrected chi connectivity index (χ2v) is 7.19. The molecule has 2 aromatic carbocycles. The molecular formula is C15H10O5S2. The lowest BCUT2D eigenvalue weighted by Crippen LogP contribution is -2.11. The van der Waals surface area contributed by atoms with Crippen molar-refractivity contribution < 1.29 is 22.5 Å². The lowest BCUT2D eigenvalue weighted by atomic mass is 10.1. The Bertz CT molecular complexity index is 943. The molecule has 3 rings (SSSR count). The summed E-state index contributed by atoms with van der Waals surface area (Å²) in [4.78, 5) is 11.4. The van der Waals surface area contributed by atoms with Gasteiger partial charge in [-0.1, -0.05) is 30.3 Å². The van der Waals surface area contributed by atoms with Gasteiger partial charge in [0.15, 0.2) is 9.96 Å². The van der Waals surface area contributed by atoms with Crippen molar-refractivity contribution in [3.8, 4) is 5.75 Å². The van der Waals surface area contributed by atoms with Crippen molar-refractivity contribution in [3.05, 3.63) is 59.5 Å². The lowest BCUT2D eigenvalue weighted by molar-refractivity contribution is 0.0695. The molecule has 0 unspecified atom stereocenters. The number of hydrogen-bond donors (Lipinski definition) is 1. The zero-order chi connectivity index (χ0) is 15.7. The van der Waals surface area contributed by atoms with Crippen LogP contribution in [0.25, 0.3) is 10.8 Å². The predicted octanol–water partition coefficient (Wildman–Crippen LogP) is 3.37. The van der Waals surface area contributed by atoms with Crippen LogP contribution < -0.4 is 4.18 Å². The average molecular weight is 334 g/mol. The summed E-state index contributed by atoms with van der Waals surface area (Å²) < 4.78 is 29.4. The Balaban J connectivity index is 2.13. The van der Waals surface area contributed by atoms with Gasteiger partial charge in [0.25, 0.3) is 0 Å². The molecule has 0 atom stereocenters. The molecule has 3 aromatic rings. The highest BCUT2D eigenvalue weighted by molar-refractivity contribution is 7.89. The highest BCUT2D eigenvalue weighted by atomic mass is 32.3. The van der Waals surface area contributed by atoms with Crippen LogP contribution in [0.5, 0.6) is 5.75 Å². The highest BCUT2D eigenvalue weighted by Crippen LogP contribution is 2.29. The Labute approximate surface area is 130 Å². The molecule has 0 radical (unpaired) electrons. The molecule has 0 spiro atoms. The number of hydrogen-bond acceptors (Lipinski definition) is 5. The van der Waals surface area contributed by atoms with Crippen molar-refractivity contribution in [2.45, 2.75) is 4.21 Å². The molecule has 0 saturated carbocycles. The molecule has 1 heterocycles. The van der Waals surface area contributed by atoms with Gasteiger partial charge in [-0.3, -0.25) is 0 Å². The SMILES string of the molecule is O=C(O)c1cc2ccccc2cc1OS(=O)(=O)c1cccs1. The van der Waals surface area contributed by atoms with E-state index in [4.69, 9.17) is 4.18 Å². The number of fused-ring (bicyclic) bond motifs is 1. The Hall–Kier alpha value is -2.38. The van der Waals surface area contributed by atoms with Gasteiger partial charge in [0.05, 0.1) is 0 Å². The molecule has 0 aliphatic carbocycles. The van der Waals surface area contributed by atoms with Gasteiger partial charge in [-0.25, -0.2) is 4.79 Å². The summed E-state index contributed by atoms with van der Waals surface area (Å²) in [7, 11) is -4.04. The van der Waals surface area contributed by atoms with E-state index in [9.17, 15) is 18.3 Å². The third-order valence-electron chi connectivity index (χ3n) is 3.02. The van der Waals surface area contributed by atoms with Crippen molar-refractivity contribution in [2.24, 2.45) is 0 Å². The summed E-state index contributed by atoms with van der Waals surface area (Å²) in [6, 6.07) is 12.9. The standard InChI is InChI=1S/C15H10O5S2/c16-15(17)12-8-10-4-1-2-5-11(10)9-13(12)20-22(18,19)14-6-3-7-21-14/h1-9H,(H,16,17). The fraction of sp³-hybridized carbons (Fsp3) is 0. The fourth-order valence-corrected chi connectivity index (χ4v) is 3.91. The molecular weight excluding hydrogens is 324 g/mol. The van der Waals surface area contributed by atoms with Crippen LogP contribution in [0.3, 0.4) is 0 Å². The van der Waals surface area contributed by atoms with Crippen LogP contribution >= 0.6 is 11.3 Å². The summed E-state index contributed by atoms with van der Waals surface area (Å²) >= 11 is 1.01. The van der Waals surface area contributed by atoms with E-state index < -0.39 is 16.1 Å². The van der Waals surface area contributed by atoms with Crippen molar-refractivity contribution in [3.63, 3.8) is 0 Å². The quantitative estimate of drug-likeness (QED) is 0.740. The van der Waals surface area contributed by atoms with Crippen LogP contribution in [0.4, 0.5) is 0 Å². The second kappa shape index (κ2) is 5.43. The van der Waals surface area contributed by atoms with E-state index in [0.717, 1.165) is 11.3 Å². The first-order valence-corrected chi connectivity index (χ1v) is 8.50. The van der Waals surface area contributed by atoms with Crippen LogP contribution in [0.15, 0.2) is 58.1 Å². The van der Waals surface area contributed by atoms with Crippen molar-refractivity contribution in [1.29, 1.82) is 0 Å². The lowest BCUT2D eigenvalue weighted by Gasteiger charge is -2.10. The van der Waals surface area contributed by atoms with Gasteiger partial charge in [0.1, 0.15) is 5.56 Å². The minimum Gasteiger partial charge on any atom is -0.478 e. The Morgan fingerprint density at radius 2 is 1.73 bits per heavy atom. The summed E-state index contributed by atoms with van der Waals surface area (Å²) in [6.07, 6.45) is 0. The summed E-state index contributed by atoms with van der Waals surface area (Å²) in [5, 5.41) is 12.3. The fourth-order valence-electron chi connectivity index (χ4n) is 2.02. The van der Waals surface area contributed by atoms with Gasteiger partial charge in [-0.05, 0) is 34.4 Å². The Morgan fingerprint density at radius 1 is 1.05 bits per heavy atom. The van der Waals surface area contributed by atoms with Gasteiger partial charge < -0.3 is 9.29 Å². The second-order valence-electron chi connectivity index (χ2n) is 4.47. The van der Waals surface area contributed by atoms with E-state index in [-0.39, 0.29) is 15.5 Å². The predicted molar refractivity (Wildman–Crippen MR) is 83.0 cm³/mol. The maximum atomic E-state index is 12.2. The first-order chi connectivity index (χ1) is 10.5. The zero-order valence-corrected chi connectivity index (χ0v) is 12.7. The minimum atomic E-state index is -4.04. The number of thiophene rings is 1. The molecule has 1 aromatic heterocycles. The maximum Gasteiger partial charge on any atom is 0.348 e. The molecule has 0 fully saturated rings. The van der Waals surface area contributed by atoms with E-state index in [0.29, 0.717) is 10.8 Å². The van der Waals surface area contributed by atoms with Crippen LogP contribution in [0.2, 0.25) is 0 Å². The van der Waals surface area contributed by atoms with E-state index in [1.165, 1.54) is 18.2 Å². The van der Waals surface area contributed by atoms with E-state index >= 15 is 0 Å². The van der Waals surface area contributed by atoms with Crippen LogP contribution in [-0.4, -0.2) is 19.5 Å². The first kappa shape index (κ1) is 14.6. The molecule has 0 saturated heterocycles. The molecule has 0 bridgehead atoms. The number of carboxylic acids is 1. The maximum absolute atomic E-state index is 12.2. The number of aromatic carboxylic acids is 1. The monoisotopic (exact) mass is 334 g/mol. The third kappa shape index (κ3) is 2.68. The molecule has 7 heteroatoms. The molecule has 112 valence electrons. The summed E-state index contributed by atoms with van der Waals surface area (Å²) in [5.41, 5.74) is -0.196. The summed E-state index contributed by atoms with van der Waals surface area (Å²) in [5.74, 6) is -1.44. The van der Waals surface area contributed by atoms with Crippen molar-refractivity contribution >= 4 is 38.2 Å². The Morgan fingerprint density at radius 3 is 2.32 bits per heavy atom. The van der Waals surface area contributed by atoms with Crippen LogP contribution in [0, 0.1) is 0 Å². The molecule has 5 nitrogen and oxygen atoms in total. The van der Waals surface area contributed by atoms with Gasteiger partial charge in [0, 0.05) is 0 Å². The van der Waals surface area contributed by atoms with Crippen molar-refractivity contribution in [1.82, 2.24) is 0 Å². The molecule has 22 heavy (non-hydrogen) atoms. The molecule has 1 N–H and O–H groups in total. The van der Waals surface area contributed by atoms with Crippen LogP contribution in [-0.2, 0) is 10.1 Å². The van der Waals surface area contributed by atoms with Crippen molar-refractivity contribution in [2.75, 3.05) is 0 Å². The normalized spacial score (nSPS) is 11.5. The number of carbonyl (C=O) groups is 1. The smallest absolute Gasteiger partial charge is 0.348 e. The van der Waals surface area contributed by atoms with Gasteiger partial charge in [-0.15, -0.1) is 11.3 Å². The largest absolute Gasteiger partial charge is 0.478 e. The summed E-state index contributed by atoms with van der Waals surface area (Å²) in [6.45, 7) is 0. The van der Waals surface area contributed by atoms with E-state index in [1.54, 1.807) is 35.7 Å². The average Bonchev–Trinajstić information content (AvgIpc) is 3.01. The van der Waals surface area contributed by atoms with Crippen LogP contribution in [0.1, 0.15) is 10.4 Å². The topological polar surface area (TPSA) is 80.7 Å². The third-order valence-corrected chi connectivity index (χ3v) is 5.61. The highest BCUT2D eigenvalue weighted by Gasteiger charge is 2.22. The van der Waals surface area contributed by atoms with E-state index in [1.807, 2.05) is 0 Å².